The molecule has 1 saturated carbocycles. The number of hydrogen-bond acceptors (Lipinski definition) is 2. The first-order chi connectivity index (χ1) is 9.13. The molecular weight excluding hydrogens is 236 g/mol. The minimum absolute atomic E-state index is 0.0881. The van der Waals surface area contributed by atoms with Gasteiger partial charge in [0.05, 0.1) is 6.42 Å². The van der Waals surface area contributed by atoms with Crippen molar-refractivity contribution in [2.75, 3.05) is 11.9 Å². The summed E-state index contributed by atoms with van der Waals surface area (Å²) in [5.74, 6) is 0.946. The lowest BCUT2D eigenvalue weighted by atomic mass is 9.85. The number of rotatable bonds is 6. The van der Waals surface area contributed by atoms with Gasteiger partial charge in [0.1, 0.15) is 0 Å². The van der Waals surface area contributed by atoms with Crippen molar-refractivity contribution in [3.05, 3.63) is 29.8 Å². The van der Waals surface area contributed by atoms with Crippen molar-refractivity contribution < 1.29 is 4.79 Å². The molecule has 0 unspecified atom stereocenters. The molecule has 0 heterocycles. The molecule has 1 fully saturated rings. The molecule has 0 atom stereocenters. The third kappa shape index (κ3) is 4.58. The Bertz CT molecular complexity index is 407. The Morgan fingerprint density at radius 1 is 1.26 bits per heavy atom. The molecule has 1 aromatic carbocycles. The van der Waals surface area contributed by atoms with Crippen molar-refractivity contribution in [1.82, 2.24) is 5.32 Å². The van der Waals surface area contributed by atoms with Gasteiger partial charge in [0, 0.05) is 18.3 Å². The van der Waals surface area contributed by atoms with Gasteiger partial charge in [-0.3, -0.25) is 4.79 Å². The minimum atomic E-state index is 0.0881. The highest BCUT2D eigenvalue weighted by atomic mass is 16.1. The van der Waals surface area contributed by atoms with Gasteiger partial charge in [-0.1, -0.05) is 18.6 Å². The molecule has 0 radical (unpaired) electrons. The minimum Gasteiger partial charge on any atom is -0.385 e. The monoisotopic (exact) mass is 260 g/mol. The van der Waals surface area contributed by atoms with Crippen molar-refractivity contribution >= 4 is 11.6 Å². The van der Waals surface area contributed by atoms with E-state index >= 15 is 0 Å². The largest absolute Gasteiger partial charge is 0.385 e. The highest BCUT2D eigenvalue weighted by Crippen LogP contribution is 2.26. The molecule has 1 aliphatic rings. The van der Waals surface area contributed by atoms with E-state index in [9.17, 15) is 4.79 Å². The van der Waals surface area contributed by atoms with Crippen LogP contribution in [-0.2, 0) is 11.2 Å². The van der Waals surface area contributed by atoms with Gasteiger partial charge in [-0.2, -0.15) is 0 Å². The first kappa shape index (κ1) is 13.9. The van der Waals surface area contributed by atoms with Gasteiger partial charge in [-0.05, 0) is 50.3 Å². The SMILES string of the molecule is CC(C)NC(=O)Cc1ccc(NCC2CCC2)cc1. The second-order valence-electron chi connectivity index (χ2n) is 5.77. The molecule has 0 bridgehead atoms. The van der Waals surface area contributed by atoms with E-state index in [-0.39, 0.29) is 11.9 Å². The van der Waals surface area contributed by atoms with E-state index < -0.39 is 0 Å². The van der Waals surface area contributed by atoms with E-state index in [1.54, 1.807) is 0 Å². The number of carbonyl (C=O) groups excluding carboxylic acids is 1. The summed E-state index contributed by atoms with van der Waals surface area (Å²) in [5.41, 5.74) is 2.22. The van der Waals surface area contributed by atoms with Crippen LogP contribution in [0.5, 0.6) is 0 Å². The fourth-order valence-electron chi connectivity index (χ4n) is 2.26. The molecule has 104 valence electrons. The normalized spacial score (nSPS) is 15.1. The van der Waals surface area contributed by atoms with E-state index in [2.05, 4.69) is 22.8 Å². The molecule has 1 aliphatic carbocycles. The number of anilines is 1. The Labute approximate surface area is 115 Å². The summed E-state index contributed by atoms with van der Waals surface area (Å²) in [7, 11) is 0. The Balaban J connectivity index is 1.78. The maximum Gasteiger partial charge on any atom is 0.224 e. The molecule has 2 N–H and O–H groups in total. The van der Waals surface area contributed by atoms with E-state index in [1.165, 1.54) is 19.3 Å². The van der Waals surface area contributed by atoms with E-state index in [0.29, 0.717) is 6.42 Å². The van der Waals surface area contributed by atoms with Crippen molar-refractivity contribution in [3.63, 3.8) is 0 Å². The zero-order valence-corrected chi connectivity index (χ0v) is 11.9. The van der Waals surface area contributed by atoms with Crippen LogP contribution in [0.25, 0.3) is 0 Å². The maximum atomic E-state index is 11.6. The Kier molecular flexibility index (Phi) is 4.83. The molecule has 1 aromatic rings. The molecule has 0 aliphatic heterocycles. The van der Waals surface area contributed by atoms with Gasteiger partial charge in [-0.15, -0.1) is 0 Å². The van der Waals surface area contributed by atoms with E-state index in [4.69, 9.17) is 0 Å². The van der Waals surface area contributed by atoms with Crippen LogP contribution in [0.3, 0.4) is 0 Å². The first-order valence-electron chi connectivity index (χ1n) is 7.25. The Hall–Kier alpha value is -1.51. The summed E-state index contributed by atoms with van der Waals surface area (Å²) in [5, 5.41) is 6.37. The zero-order valence-electron chi connectivity index (χ0n) is 11.9. The summed E-state index contributed by atoms with van der Waals surface area (Å²) < 4.78 is 0. The fourth-order valence-corrected chi connectivity index (χ4v) is 2.26. The summed E-state index contributed by atoms with van der Waals surface area (Å²) in [6, 6.07) is 8.40. The topological polar surface area (TPSA) is 41.1 Å². The highest BCUT2D eigenvalue weighted by Gasteiger charge is 2.16. The summed E-state index contributed by atoms with van der Waals surface area (Å²) in [4.78, 5) is 11.6. The molecule has 3 nitrogen and oxygen atoms in total. The fraction of sp³-hybridized carbons (Fsp3) is 0.562. The predicted octanol–water partition coefficient (Wildman–Crippen LogP) is 2.97. The van der Waals surface area contributed by atoms with Gasteiger partial charge in [0.25, 0.3) is 0 Å². The van der Waals surface area contributed by atoms with Crippen molar-refractivity contribution in [1.29, 1.82) is 0 Å². The van der Waals surface area contributed by atoms with Crippen LogP contribution < -0.4 is 10.6 Å². The molecule has 19 heavy (non-hydrogen) atoms. The number of amides is 1. The second-order valence-corrected chi connectivity index (χ2v) is 5.77. The quantitative estimate of drug-likeness (QED) is 0.825. The molecule has 3 heteroatoms. The molecule has 2 rings (SSSR count). The van der Waals surface area contributed by atoms with E-state index in [1.807, 2.05) is 26.0 Å². The van der Waals surface area contributed by atoms with Crippen LogP contribution in [-0.4, -0.2) is 18.5 Å². The Morgan fingerprint density at radius 3 is 2.47 bits per heavy atom. The van der Waals surface area contributed by atoms with Crippen molar-refractivity contribution in [2.45, 2.75) is 45.6 Å². The van der Waals surface area contributed by atoms with Gasteiger partial charge in [0.2, 0.25) is 5.91 Å². The molecule has 1 amide bonds. The van der Waals surface area contributed by atoms with Crippen LogP contribution in [0.4, 0.5) is 5.69 Å². The Morgan fingerprint density at radius 2 is 1.95 bits per heavy atom. The van der Waals surface area contributed by atoms with E-state index in [0.717, 1.165) is 23.7 Å². The lowest BCUT2D eigenvalue weighted by Gasteiger charge is -2.25. The van der Waals surface area contributed by atoms with Crippen molar-refractivity contribution in [3.8, 4) is 0 Å². The predicted molar refractivity (Wildman–Crippen MR) is 79.3 cm³/mol. The van der Waals surface area contributed by atoms with Crippen molar-refractivity contribution in [2.24, 2.45) is 5.92 Å². The average molecular weight is 260 g/mol. The van der Waals surface area contributed by atoms with Crippen LogP contribution in [0, 0.1) is 5.92 Å². The third-order valence-electron chi connectivity index (χ3n) is 3.59. The average Bonchev–Trinajstić information content (AvgIpc) is 2.28. The summed E-state index contributed by atoms with van der Waals surface area (Å²) in [6.07, 6.45) is 4.57. The van der Waals surface area contributed by atoms with Gasteiger partial charge >= 0.3 is 0 Å². The number of nitrogens with one attached hydrogen (secondary N) is 2. The molecular formula is C16H24N2O. The number of hydrogen-bond donors (Lipinski definition) is 2. The lowest BCUT2D eigenvalue weighted by Crippen LogP contribution is -2.31. The zero-order chi connectivity index (χ0) is 13.7. The number of benzene rings is 1. The maximum absolute atomic E-state index is 11.6. The summed E-state index contributed by atoms with van der Waals surface area (Å²) in [6.45, 7) is 5.03. The third-order valence-corrected chi connectivity index (χ3v) is 3.59. The summed E-state index contributed by atoms with van der Waals surface area (Å²) >= 11 is 0. The first-order valence-corrected chi connectivity index (χ1v) is 7.25. The molecule has 0 saturated heterocycles. The number of carbonyl (C=O) groups is 1. The highest BCUT2D eigenvalue weighted by molar-refractivity contribution is 5.78. The standard InChI is InChI=1S/C16H24N2O/c1-12(2)18-16(19)10-13-6-8-15(9-7-13)17-11-14-4-3-5-14/h6-9,12,14,17H,3-5,10-11H2,1-2H3,(H,18,19). The van der Waals surface area contributed by atoms with Gasteiger partial charge in [-0.25, -0.2) is 0 Å². The van der Waals surface area contributed by atoms with Crippen LogP contribution in [0.15, 0.2) is 24.3 Å². The second kappa shape index (κ2) is 6.60. The molecule has 0 aromatic heterocycles. The molecule has 0 spiro atoms. The van der Waals surface area contributed by atoms with Gasteiger partial charge in [0.15, 0.2) is 0 Å². The van der Waals surface area contributed by atoms with Crippen LogP contribution in [0.1, 0.15) is 38.7 Å². The smallest absolute Gasteiger partial charge is 0.224 e. The van der Waals surface area contributed by atoms with Crippen LogP contribution >= 0.6 is 0 Å². The van der Waals surface area contributed by atoms with Crippen LogP contribution in [0.2, 0.25) is 0 Å². The lowest BCUT2D eigenvalue weighted by molar-refractivity contribution is -0.120. The van der Waals surface area contributed by atoms with Gasteiger partial charge < -0.3 is 10.6 Å².